The molecule has 21 heavy (non-hydrogen) atoms. The van der Waals surface area contributed by atoms with Crippen LogP contribution in [-0.4, -0.2) is 12.1 Å². The average Bonchev–Trinajstić information content (AvgIpc) is 2.49. The molecule has 0 amide bonds. The molecular formula is C19H20O2. The Hall–Kier alpha value is -2.35. The fraction of sp³-hybridized carbons (Fsp3) is 0.211. The molecule has 0 aromatic heterocycles. The molecule has 2 heteroatoms. The van der Waals surface area contributed by atoms with Crippen molar-refractivity contribution in [3.8, 4) is 0 Å². The Balaban J connectivity index is 2.38. The van der Waals surface area contributed by atoms with Crippen LogP contribution in [0.2, 0.25) is 0 Å². The zero-order chi connectivity index (χ0) is 15.2. The van der Waals surface area contributed by atoms with Crippen molar-refractivity contribution >= 4 is 5.97 Å². The molecule has 0 aliphatic heterocycles. The molecule has 2 aromatic carbocycles. The van der Waals surface area contributed by atoms with E-state index >= 15 is 0 Å². The molecule has 0 saturated heterocycles. The highest BCUT2D eigenvalue weighted by Gasteiger charge is 2.24. The number of esters is 1. The van der Waals surface area contributed by atoms with E-state index in [0.717, 1.165) is 11.1 Å². The molecule has 0 atom stereocenters. The van der Waals surface area contributed by atoms with Crippen molar-refractivity contribution in [2.45, 2.75) is 25.9 Å². The summed E-state index contributed by atoms with van der Waals surface area (Å²) < 4.78 is 5.30. The minimum atomic E-state index is -0.345. The molecule has 0 heterocycles. The van der Waals surface area contributed by atoms with Crippen LogP contribution in [-0.2, 0) is 9.53 Å². The standard InChI is InChI=1S/C19H20O2/c1-14(2)21-19(20)15(3)18(16-10-6-4-7-11-16)17-12-8-5-9-13-17/h4-14,18H,3H2,1-2H3. The quantitative estimate of drug-likeness (QED) is 0.602. The highest BCUT2D eigenvalue weighted by Crippen LogP contribution is 2.31. The van der Waals surface area contributed by atoms with Crippen LogP contribution in [0.5, 0.6) is 0 Å². The van der Waals surface area contributed by atoms with Gasteiger partial charge in [-0.25, -0.2) is 4.79 Å². The Morgan fingerprint density at radius 2 is 1.33 bits per heavy atom. The van der Waals surface area contributed by atoms with Gasteiger partial charge in [-0.15, -0.1) is 0 Å². The summed E-state index contributed by atoms with van der Waals surface area (Å²) >= 11 is 0. The van der Waals surface area contributed by atoms with Gasteiger partial charge in [-0.3, -0.25) is 0 Å². The summed E-state index contributed by atoms with van der Waals surface area (Å²) in [6, 6.07) is 19.8. The number of rotatable bonds is 5. The summed E-state index contributed by atoms with van der Waals surface area (Å²) in [5.41, 5.74) is 2.53. The van der Waals surface area contributed by atoms with Crippen LogP contribution in [0.1, 0.15) is 30.9 Å². The summed E-state index contributed by atoms with van der Waals surface area (Å²) in [5.74, 6) is -0.527. The Morgan fingerprint density at radius 3 is 1.71 bits per heavy atom. The molecule has 0 aliphatic rings. The van der Waals surface area contributed by atoms with Crippen LogP contribution in [0.3, 0.4) is 0 Å². The summed E-state index contributed by atoms with van der Waals surface area (Å²) in [4.78, 5) is 12.2. The fourth-order valence-corrected chi connectivity index (χ4v) is 2.29. The van der Waals surface area contributed by atoms with Gasteiger partial charge in [0.2, 0.25) is 0 Å². The monoisotopic (exact) mass is 280 g/mol. The number of hydrogen-bond donors (Lipinski definition) is 0. The Morgan fingerprint density at radius 1 is 0.905 bits per heavy atom. The lowest BCUT2D eigenvalue weighted by Crippen LogP contribution is -2.18. The first-order valence-corrected chi connectivity index (χ1v) is 7.09. The lowest BCUT2D eigenvalue weighted by atomic mass is 9.85. The lowest BCUT2D eigenvalue weighted by molar-refractivity contribution is -0.142. The third-order valence-electron chi connectivity index (χ3n) is 3.22. The first kappa shape index (κ1) is 15.0. The van der Waals surface area contributed by atoms with Gasteiger partial charge in [0.15, 0.2) is 0 Å². The van der Waals surface area contributed by atoms with Crippen LogP contribution >= 0.6 is 0 Å². The minimum Gasteiger partial charge on any atom is -0.460 e. The van der Waals surface area contributed by atoms with E-state index in [4.69, 9.17) is 4.74 Å². The summed E-state index contributed by atoms with van der Waals surface area (Å²) in [5, 5.41) is 0. The first-order chi connectivity index (χ1) is 10.1. The molecule has 108 valence electrons. The van der Waals surface area contributed by atoms with Crippen LogP contribution in [0.4, 0.5) is 0 Å². The van der Waals surface area contributed by atoms with E-state index in [1.54, 1.807) is 0 Å². The number of carbonyl (C=O) groups is 1. The highest BCUT2D eigenvalue weighted by atomic mass is 16.5. The van der Waals surface area contributed by atoms with Crippen molar-refractivity contribution in [1.29, 1.82) is 0 Å². The van der Waals surface area contributed by atoms with Crippen molar-refractivity contribution < 1.29 is 9.53 Å². The van der Waals surface area contributed by atoms with Gasteiger partial charge in [0.25, 0.3) is 0 Å². The van der Waals surface area contributed by atoms with E-state index in [1.165, 1.54) is 0 Å². The summed E-state index contributed by atoms with van der Waals surface area (Å²) in [6.45, 7) is 7.66. The Labute approximate surface area is 126 Å². The maximum Gasteiger partial charge on any atom is 0.334 e. The van der Waals surface area contributed by atoms with Crippen LogP contribution in [0.25, 0.3) is 0 Å². The van der Waals surface area contributed by atoms with Crippen LogP contribution in [0, 0.1) is 0 Å². The van der Waals surface area contributed by atoms with Gasteiger partial charge < -0.3 is 4.74 Å². The van der Waals surface area contributed by atoms with Crippen molar-refractivity contribution in [3.63, 3.8) is 0 Å². The van der Waals surface area contributed by atoms with Gasteiger partial charge in [-0.1, -0.05) is 67.2 Å². The largest absolute Gasteiger partial charge is 0.460 e. The Bertz CT molecular complexity index is 560. The molecule has 2 rings (SSSR count). The molecule has 0 fully saturated rings. The molecule has 0 aliphatic carbocycles. The zero-order valence-corrected chi connectivity index (χ0v) is 12.5. The lowest BCUT2D eigenvalue weighted by Gasteiger charge is -2.20. The molecule has 0 spiro atoms. The number of benzene rings is 2. The topological polar surface area (TPSA) is 26.3 Å². The van der Waals surface area contributed by atoms with E-state index in [2.05, 4.69) is 6.58 Å². The SMILES string of the molecule is C=C(C(=O)OC(C)C)C(c1ccccc1)c1ccccc1. The number of ether oxygens (including phenoxy) is 1. The van der Waals surface area contributed by atoms with E-state index in [0.29, 0.717) is 5.57 Å². The normalized spacial score (nSPS) is 10.7. The molecular weight excluding hydrogens is 260 g/mol. The smallest absolute Gasteiger partial charge is 0.334 e. The highest BCUT2D eigenvalue weighted by molar-refractivity contribution is 5.90. The first-order valence-electron chi connectivity index (χ1n) is 7.09. The van der Waals surface area contributed by atoms with Crippen molar-refractivity contribution in [2.75, 3.05) is 0 Å². The predicted octanol–water partition coefficient (Wildman–Crippen LogP) is 4.33. The summed E-state index contributed by atoms with van der Waals surface area (Å²) in [6.07, 6.45) is -0.151. The van der Waals surface area contributed by atoms with Gasteiger partial charge >= 0.3 is 5.97 Å². The molecule has 0 N–H and O–H groups in total. The van der Waals surface area contributed by atoms with E-state index in [1.807, 2.05) is 74.5 Å². The molecule has 2 nitrogen and oxygen atoms in total. The van der Waals surface area contributed by atoms with E-state index < -0.39 is 0 Å². The van der Waals surface area contributed by atoms with Gasteiger partial charge in [0, 0.05) is 11.5 Å². The summed E-state index contributed by atoms with van der Waals surface area (Å²) in [7, 11) is 0. The number of carbonyl (C=O) groups excluding carboxylic acids is 1. The average molecular weight is 280 g/mol. The van der Waals surface area contributed by atoms with Crippen molar-refractivity contribution in [3.05, 3.63) is 83.9 Å². The number of hydrogen-bond acceptors (Lipinski definition) is 2. The molecule has 0 bridgehead atoms. The van der Waals surface area contributed by atoms with Crippen LogP contribution in [0.15, 0.2) is 72.8 Å². The fourth-order valence-electron chi connectivity index (χ4n) is 2.29. The van der Waals surface area contributed by atoms with Gasteiger partial charge in [0.1, 0.15) is 0 Å². The second kappa shape index (κ2) is 6.89. The van der Waals surface area contributed by atoms with Crippen LogP contribution < -0.4 is 0 Å². The van der Waals surface area contributed by atoms with Crippen molar-refractivity contribution in [1.82, 2.24) is 0 Å². The molecule has 2 aromatic rings. The van der Waals surface area contributed by atoms with Gasteiger partial charge in [-0.2, -0.15) is 0 Å². The molecule has 0 radical (unpaired) electrons. The predicted molar refractivity (Wildman–Crippen MR) is 85.1 cm³/mol. The maximum absolute atomic E-state index is 12.2. The third kappa shape index (κ3) is 3.82. The van der Waals surface area contributed by atoms with Gasteiger partial charge in [0.05, 0.1) is 6.10 Å². The van der Waals surface area contributed by atoms with E-state index in [-0.39, 0.29) is 18.0 Å². The molecule has 0 saturated carbocycles. The second-order valence-corrected chi connectivity index (χ2v) is 5.23. The van der Waals surface area contributed by atoms with E-state index in [9.17, 15) is 4.79 Å². The maximum atomic E-state index is 12.2. The van der Waals surface area contributed by atoms with Crippen molar-refractivity contribution in [2.24, 2.45) is 0 Å². The second-order valence-electron chi connectivity index (χ2n) is 5.23. The third-order valence-corrected chi connectivity index (χ3v) is 3.22. The minimum absolute atomic E-state index is 0.151. The zero-order valence-electron chi connectivity index (χ0n) is 12.5. The molecule has 0 unspecified atom stereocenters. The van der Waals surface area contributed by atoms with Gasteiger partial charge in [-0.05, 0) is 25.0 Å². The Kier molecular flexibility index (Phi) is 4.94.